The number of hydrogen-bond donors (Lipinski definition) is 2. The van der Waals surface area contributed by atoms with E-state index in [9.17, 15) is 19.8 Å². The molecule has 8 nitrogen and oxygen atoms in total. The Morgan fingerprint density at radius 2 is 1.96 bits per heavy atom. The molecule has 2 heterocycles. The molecule has 0 bridgehead atoms. The van der Waals surface area contributed by atoms with Gasteiger partial charge in [-0.05, 0) is 17.7 Å². The van der Waals surface area contributed by atoms with Crippen LogP contribution in [0.5, 0.6) is 5.95 Å². The zero-order valence-electron chi connectivity index (χ0n) is 14.3. The lowest BCUT2D eigenvalue weighted by Gasteiger charge is -2.18. The largest absolute Gasteiger partial charge is 0.539 e. The number of carbonyl (C=O) groups is 2. The van der Waals surface area contributed by atoms with E-state index in [1.807, 2.05) is 6.92 Å². The third-order valence-corrected chi connectivity index (χ3v) is 4.57. The molecular formula is C19H15N3O5. The lowest BCUT2D eigenvalue weighted by atomic mass is 9.89. The first-order chi connectivity index (χ1) is 12.9. The molecule has 0 saturated carbocycles. The van der Waals surface area contributed by atoms with E-state index in [0.717, 1.165) is 10.2 Å². The number of aliphatic hydroxyl groups is 1. The van der Waals surface area contributed by atoms with Crippen LogP contribution in [0.3, 0.4) is 0 Å². The van der Waals surface area contributed by atoms with Crippen molar-refractivity contribution >= 4 is 17.4 Å². The number of rotatable bonds is 4. The van der Waals surface area contributed by atoms with Gasteiger partial charge in [-0.2, -0.15) is 0 Å². The van der Waals surface area contributed by atoms with Crippen LogP contribution < -0.4 is 15.1 Å². The second-order valence-corrected chi connectivity index (χ2v) is 6.42. The third-order valence-electron chi connectivity index (χ3n) is 4.57. The first kappa shape index (κ1) is 16.9. The maximum Gasteiger partial charge on any atom is 0.306 e. The number of carbonyl (C=O) groups excluding carboxylic acids is 2. The van der Waals surface area contributed by atoms with Gasteiger partial charge in [-0.25, -0.2) is 0 Å². The van der Waals surface area contributed by atoms with Crippen molar-refractivity contribution in [3.8, 4) is 11.6 Å². The number of fused-ring (bicyclic) bond motifs is 1. The Morgan fingerprint density at radius 1 is 1.26 bits per heavy atom. The number of ketones is 1. The van der Waals surface area contributed by atoms with Crippen LogP contribution in [0.15, 0.2) is 53.1 Å². The fourth-order valence-corrected chi connectivity index (χ4v) is 3.13. The van der Waals surface area contributed by atoms with Crippen LogP contribution in [0.1, 0.15) is 28.0 Å². The van der Waals surface area contributed by atoms with E-state index in [0.29, 0.717) is 11.4 Å². The minimum Gasteiger partial charge on any atom is -0.539 e. The number of hydrogen-bond acceptors (Lipinski definition) is 6. The first-order valence-corrected chi connectivity index (χ1v) is 8.23. The molecule has 8 heteroatoms. The monoisotopic (exact) mass is 365 g/mol. The number of anilines is 1. The maximum absolute atomic E-state index is 12.8. The highest BCUT2D eigenvalue weighted by atomic mass is 16.6. The van der Waals surface area contributed by atoms with Gasteiger partial charge in [0.2, 0.25) is 11.5 Å². The summed E-state index contributed by atoms with van der Waals surface area (Å²) in [5, 5.41) is 29.1. The first-order valence-electron chi connectivity index (χ1n) is 8.23. The Bertz CT molecular complexity index is 1060. The number of amides is 1. The summed E-state index contributed by atoms with van der Waals surface area (Å²) in [4.78, 5) is 25.1. The summed E-state index contributed by atoms with van der Waals surface area (Å²) in [5.74, 6) is -2.41. The summed E-state index contributed by atoms with van der Waals surface area (Å²) in [5.41, 5.74) is -0.261. The molecule has 136 valence electrons. The van der Waals surface area contributed by atoms with Crippen LogP contribution >= 0.6 is 0 Å². The van der Waals surface area contributed by atoms with Crippen LogP contribution in [-0.4, -0.2) is 22.1 Å². The molecule has 1 amide bonds. The van der Waals surface area contributed by atoms with E-state index in [-0.39, 0.29) is 11.3 Å². The van der Waals surface area contributed by atoms with E-state index in [2.05, 4.69) is 15.1 Å². The van der Waals surface area contributed by atoms with Crippen LogP contribution in [-0.2, 0) is 10.4 Å². The van der Waals surface area contributed by atoms with E-state index in [4.69, 9.17) is 0 Å². The zero-order valence-corrected chi connectivity index (χ0v) is 14.3. The second kappa shape index (κ2) is 6.03. The quantitative estimate of drug-likeness (QED) is 0.520. The number of para-hydroxylation sites is 1. The highest BCUT2D eigenvalue weighted by molar-refractivity contribution is 6.09. The number of nitrogens with one attached hydrogen (secondary N) is 1. The van der Waals surface area contributed by atoms with Gasteiger partial charge in [0, 0.05) is 23.4 Å². The number of Topliss-reactive ketones (excluding diaryl/α,β-unsaturated/α-hetero) is 1. The van der Waals surface area contributed by atoms with E-state index < -0.39 is 29.7 Å². The van der Waals surface area contributed by atoms with Gasteiger partial charge in [0.15, 0.2) is 11.5 Å². The van der Waals surface area contributed by atoms with Crippen LogP contribution in [0.4, 0.5) is 5.69 Å². The van der Waals surface area contributed by atoms with E-state index in [1.54, 1.807) is 48.5 Å². The summed E-state index contributed by atoms with van der Waals surface area (Å²) in [7, 11) is 0. The predicted octanol–water partition coefficient (Wildman–Crippen LogP) is 0.746. The summed E-state index contributed by atoms with van der Waals surface area (Å²) in [6, 6.07) is 13.5. The van der Waals surface area contributed by atoms with Crippen molar-refractivity contribution in [3.05, 3.63) is 65.4 Å². The molecule has 0 saturated heterocycles. The second-order valence-electron chi connectivity index (χ2n) is 6.42. The SMILES string of the molecule is Cc1ccc(-[n+]2noc([O-])c2C(=O)CC2(O)C(=O)Nc3ccccc32)cc1. The van der Waals surface area contributed by atoms with Gasteiger partial charge in [0.25, 0.3) is 5.91 Å². The molecule has 1 aromatic heterocycles. The molecule has 0 spiro atoms. The number of aryl methyl sites for hydroxylation is 1. The average Bonchev–Trinajstić information content (AvgIpc) is 3.14. The predicted molar refractivity (Wildman–Crippen MR) is 90.1 cm³/mol. The van der Waals surface area contributed by atoms with E-state index in [1.165, 1.54) is 0 Å². The van der Waals surface area contributed by atoms with Crippen molar-refractivity contribution in [3.63, 3.8) is 0 Å². The van der Waals surface area contributed by atoms with Crippen LogP contribution in [0.25, 0.3) is 5.69 Å². The standard InChI is InChI=1S/C19H15N3O5/c1-11-6-8-12(9-7-11)22-16(17(24)27-21-22)15(23)10-19(26)13-4-2-3-5-14(13)20-18(19)25/h2-9,26H,10H2,1H3,(H-,20,21,23,24,25). The fourth-order valence-electron chi connectivity index (χ4n) is 3.13. The van der Waals surface area contributed by atoms with Crippen LogP contribution in [0.2, 0.25) is 0 Å². The van der Waals surface area contributed by atoms with Crippen molar-refractivity contribution in [1.29, 1.82) is 0 Å². The van der Waals surface area contributed by atoms with Gasteiger partial charge >= 0.3 is 5.69 Å². The third kappa shape index (κ3) is 2.67. The molecule has 2 N–H and O–H groups in total. The smallest absolute Gasteiger partial charge is 0.306 e. The van der Waals surface area contributed by atoms with Gasteiger partial charge in [-0.15, -0.1) is 0 Å². The van der Waals surface area contributed by atoms with Crippen molar-refractivity contribution in [2.75, 3.05) is 5.32 Å². The van der Waals surface area contributed by atoms with Gasteiger partial charge in [-0.3, -0.25) is 9.59 Å². The van der Waals surface area contributed by atoms with Crippen molar-refractivity contribution < 1.29 is 29.0 Å². The van der Waals surface area contributed by atoms with Crippen molar-refractivity contribution in [2.24, 2.45) is 0 Å². The molecule has 1 atom stereocenters. The molecule has 0 radical (unpaired) electrons. The van der Waals surface area contributed by atoms with Crippen LogP contribution in [0, 0.1) is 6.92 Å². The minimum absolute atomic E-state index is 0.286. The average molecular weight is 365 g/mol. The Labute approximate surface area is 153 Å². The highest BCUT2D eigenvalue weighted by Gasteiger charge is 2.48. The van der Waals surface area contributed by atoms with Crippen molar-refractivity contribution in [2.45, 2.75) is 18.9 Å². The molecule has 0 aliphatic carbocycles. The molecule has 1 aliphatic rings. The topological polar surface area (TPSA) is 119 Å². The molecule has 3 aromatic rings. The molecule has 0 fully saturated rings. The highest BCUT2D eigenvalue weighted by Crippen LogP contribution is 2.39. The molecular weight excluding hydrogens is 350 g/mol. The van der Waals surface area contributed by atoms with Crippen molar-refractivity contribution in [1.82, 2.24) is 5.27 Å². The molecule has 1 aliphatic heterocycles. The summed E-state index contributed by atoms with van der Waals surface area (Å²) in [6.45, 7) is 1.90. The Balaban J connectivity index is 1.72. The lowest BCUT2D eigenvalue weighted by Crippen LogP contribution is -2.42. The minimum atomic E-state index is -2.07. The van der Waals surface area contributed by atoms with Gasteiger partial charge in [0.1, 0.15) is 0 Å². The normalized spacial score (nSPS) is 18.2. The fraction of sp³-hybridized carbons (Fsp3) is 0.158. The summed E-state index contributed by atoms with van der Waals surface area (Å²) in [6.07, 6.45) is -0.613. The molecule has 4 rings (SSSR count). The molecule has 2 aromatic carbocycles. The van der Waals surface area contributed by atoms with E-state index >= 15 is 0 Å². The summed E-state index contributed by atoms with van der Waals surface area (Å²) < 4.78 is 5.73. The molecule has 1 unspecified atom stereocenters. The number of aromatic nitrogens is 2. The lowest BCUT2D eigenvalue weighted by molar-refractivity contribution is -0.672. The number of benzene rings is 2. The zero-order chi connectivity index (χ0) is 19.2. The molecule has 27 heavy (non-hydrogen) atoms. The van der Waals surface area contributed by atoms with Gasteiger partial charge in [-0.1, -0.05) is 35.9 Å². The van der Waals surface area contributed by atoms with Gasteiger partial charge in [0.05, 0.1) is 11.7 Å². The number of nitrogens with zero attached hydrogens (tertiary/aromatic N) is 2. The Morgan fingerprint density at radius 3 is 2.70 bits per heavy atom. The van der Waals surface area contributed by atoms with Gasteiger partial charge < -0.3 is 20.1 Å². The summed E-state index contributed by atoms with van der Waals surface area (Å²) >= 11 is 0. The maximum atomic E-state index is 12.8. The Hall–Kier alpha value is -3.52. The Kier molecular flexibility index (Phi) is 3.78.